The molecule has 1 aliphatic carbocycles. The van der Waals surface area contributed by atoms with Gasteiger partial charge in [0.15, 0.2) is 16.6 Å². The smallest absolute Gasteiger partial charge is 0.438 e. The molecule has 3 saturated heterocycles. The molecule has 3 aliphatic heterocycles. The van der Waals surface area contributed by atoms with Crippen LogP contribution in [0.4, 0.5) is 13.2 Å². The van der Waals surface area contributed by atoms with E-state index in [1.54, 1.807) is 10.8 Å². The van der Waals surface area contributed by atoms with E-state index in [2.05, 4.69) is 26.3 Å². The normalized spacial score (nSPS) is 20.2. The SMILES string of the molecule is COc1nc(O[C@H]2CCc3c(-c4cccc(-c5nc6c(=N)n(CCN7CC8(CCC(=O)N8)C7)cc(C#N)c6o5)c4C)cccc32)c(C(F)(F)F)nc1CN1CC[C@@H](O)C1. The van der Waals surface area contributed by atoms with Crippen molar-refractivity contribution in [1.29, 1.82) is 10.7 Å². The van der Waals surface area contributed by atoms with Crippen LogP contribution in [0.25, 0.3) is 33.7 Å². The minimum Gasteiger partial charge on any atom is -0.480 e. The number of carbonyl (C=O) groups is 1. The number of halogens is 3. The molecule has 2 atom stereocenters. The summed E-state index contributed by atoms with van der Waals surface area (Å²) < 4.78 is 62.8. The number of hydrogen-bond acceptors (Lipinski definition) is 12. The van der Waals surface area contributed by atoms with Crippen LogP contribution in [0.1, 0.15) is 65.4 Å². The number of aliphatic hydroxyl groups is 1. The highest BCUT2D eigenvalue weighted by Crippen LogP contribution is 2.44. The van der Waals surface area contributed by atoms with Crippen LogP contribution in [0.3, 0.4) is 0 Å². The number of nitriles is 1. The van der Waals surface area contributed by atoms with E-state index in [1.807, 2.05) is 48.2 Å². The number of oxazole rings is 1. The highest BCUT2D eigenvalue weighted by atomic mass is 19.4. The monoisotopic (exact) mass is 809 g/mol. The number of nitrogens with zero attached hydrogens (tertiary/aromatic N) is 7. The van der Waals surface area contributed by atoms with E-state index < -0.39 is 30.0 Å². The van der Waals surface area contributed by atoms with Crippen LogP contribution in [-0.4, -0.2) is 91.8 Å². The Kier molecular flexibility index (Phi) is 9.68. The van der Waals surface area contributed by atoms with Gasteiger partial charge in [0, 0.05) is 64.0 Å². The summed E-state index contributed by atoms with van der Waals surface area (Å²) in [4.78, 5) is 28.7. The fraction of sp³-hybridized carbons (Fsp3) is 0.429. The average Bonchev–Trinajstić information content (AvgIpc) is 4.01. The van der Waals surface area contributed by atoms with Crippen LogP contribution < -0.4 is 20.3 Å². The summed E-state index contributed by atoms with van der Waals surface area (Å²) >= 11 is 0. The molecule has 0 saturated carbocycles. The van der Waals surface area contributed by atoms with E-state index >= 15 is 0 Å². The molecule has 14 nitrogen and oxygen atoms in total. The van der Waals surface area contributed by atoms with Gasteiger partial charge in [-0.15, -0.1) is 0 Å². The molecule has 0 bridgehead atoms. The average molecular weight is 810 g/mol. The molecule has 5 aromatic rings. The van der Waals surface area contributed by atoms with Crippen molar-refractivity contribution in [2.24, 2.45) is 0 Å². The van der Waals surface area contributed by atoms with E-state index in [0.717, 1.165) is 47.3 Å². The summed E-state index contributed by atoms with van der Waals surface area (Å²) in [7, 11) is 1.33. The first kappa shape index (κ1) is 38.7. The van der Waals surface area contributed by atoms with Crippen molar-refractivity contribution in [3.05, 3.63) is 81.7 Å². The van der Waals surface area contributed by atoms with Gasteiger partial charge in [-0.3, -0.25) is 20.0 Å². The molecule has 1 spiro atoms. The van der Waals surface area contributed by atoms with Gasteiger partial charge in [0.2, 0.25) is 29.3 Å². The van der Waals surface area contributed by atoms with Crippen LogP contribution in [0.2, 0.25) is 0 Å². The summed E-state index contributed by atoms with van der Waals surface area (Å²) in [6.07, 6.45) is -1.67. The van der Waals surface area contributed by atoms with Crippen LogP contribution in [-0.2, 0) is 30.5 Å². The molecule has 3 fully saturated rings. The maximum atomic E-state index is 14.5. The minimum absolute atomic E-state index is 0.0177. The maximum absolute atomic E-state index is 14.5. The second kappa shape index (κ2) is 14.8. The van der Waals surface area contributed by atoms with Gasteiger partial charge in [-0.1, -0.05) is 30.3 Å². The van der Waals surface area contributed by atoms with Gasteiger partial charge in [-0.2, -0.15) is 23.4 Å². The van der Waals surface area contributed by atoms with E-state index in [0.29, 0.717) is 57.4 Å². The number of pyridine rings is 1. The molecule has 17 heteroatoms. The Morgan fingerprint density at radius 1 is 1.05 bits per heavy atom. The number of alkyl halides is 3. The molecule has 6 heterocycles. The Morgan fingerprint density at radius 3 is 2.54 bits per heavy atom. The molecular formula is C42H42F3N9O5. The van der Waals surface area contributed by atoms with Crippen molar-refractivity contribution >= 4 is 17.0 Å². The number of benzene rings is 2. The van der Waals surface area contributed by atoms with Gasteiger partial charge in [0.25, 0.3) is 0 Å². The summed E-state index contributed by atoms with van der Waals surface area (Å²) in [6, 6.07) is 13.6. The van der Waals surface area contributed by atoms with Gasteiger partial charge in [0.1, 0.15) is 23.4 Å². The largest absolute Gasteiger partial charge is 0.480 e. The molecule has 1 amide bonds. The van der Waals surface area contributed by atoms with Crippen molar-refractivity contribution < 1.29 is 37.0 Å². The third-order valence-corrected chi connectivity index (χ3v) is 12.0. The van der Waals surface area contributed by atoms with Gasteiger partial charge < -0.3 is 28.9 Å². The topological polar surface area (TPSA) is 179 Å². The van der Waals surface area contributed by atoms with Gasteiger partial charge in [-0.25, -0.2) is 9.97 Å². The quantitative estimate of drug-likeness (QED) is 0.172. The number of likely N-dealkylation sites (tertiary alicyclic amines) is 2. The lowest BCUT2D eigenvalue weighted by atomic mass is 9.88. The number of fused-ring (bicyclic) bond motifs is 2. The molecular weight excluding hydrogens is 768 g/mol. The van der Waals surface area contributed by atoms with Gasteiger partial charge in [-0.05, 0) is 66.5 Å². The van der Waals surface area contributed by atoms with Crippen LogP contribution in [0.15, 0.2) is 47.0 Å². The molecule has 3 N–H and O–H groups in total. The number of amides is 1. The molecule has 306 valence electrons. The zero-order valence-electron chi connectivity index (χ0n) is 32.5. The summed E-state index contributed by atoms with van der Waals surface area (Å²) in [5, 5.41) is 32.1. The second-order valence-electron chi connectivity index (χ2n) is 15.9. The first-order chi connectivity index (χ1) is 28.3. The number of methoxy groups -OCH3 is 1. The summed E-state index contributed by atoms with van der Waals surface area (Å²) in [5.74, 6) is -0.377. The maximum Gasteiger partial charge on any atom is 0.438 e. The van der Waals surface area contributed by atoms with Crippen molar-refractivity contribution in [3.8, 4) is 40.4 Å². The lowest BCUT2D eigenvalue weighted by Gasteiger charge is -2.48. The first-order valence-corrected chi connectivity index (χ1v) is 19.7. The molecule has 4 aliphatic rings. The first-order valence-electron chi connectivity index (χ1n) is 19.7. The second-order valence-corrected chi connectivity index (χ2v) is 15.9. The molecule has 9 rings (SSSR count). The van der Waals surface area contributed by atoms with Gasteiger partial charge >= 0.3 is 6.18 Å². The lowest BCUT2D eigenvalue weighted by Crippen LogP contribution is -2.67. The lowest BCUT2D eigenvalue weighted by molar-refractivity contribution is -0.143. The highest BCUT2D eigenvalue weighted by molar-refractivity contribution is 5.83. The fourth-order valence-corrected chi connectivity index (χ4v) is 9.10. The van der Waals surface area contributed by atoms with E-state index in [-0.39, 0.29) is 57.6 Å². The highest BCUT2D eigenvalue weighted by Gasteiger charge is 2.47. The van der Waals surface area contributed by atoms with Crippen molar-refractivity contribution in [3.63, 3.8) is 0 Å². The van der Waals surface area contributed by atoms with Crippen LogP contribution in [0.5, 0.6) is 11.8 Å². The summed E-state index contributed by atoms with van der Waals surface area (Å²) in [5.41, 5.74) is 4.43. The van der Waals surface area contributed by atoms with Crippen LogP contribution in [0, 0.1) is 23.7 Å². The third-order valence-electron chi connectivity index (χ3n) is 12.0. The molecule has 0 radical (unpaired) electrons. The van der Waals surface area contributed by atoms with Crippen molar-refractivity contribution in [2.45, 2.75) is 76.0 Å². The number of ether oxygens (including phenoxy) is 2. The van der Waals surface area contributed by atoms with E-state index in [9.17, 15) is 28.3 Å². The van der Waals surface area contributed by atoms with E-state index in [1.165, 1.54) is 7.11 Å². The molecule has 0 unspecified atom stereocenters. The Bertz CT molecular complexity index is 2590. The molecule has 2 aromatic carbocycles. The number of aromatic nitrogens is 4. The number of hydrogen-bond donors (Lipinski definition) is 3. The predicted molar refractivity (Wildman–Crippen MR) is 206 cm³/mol. The fourth-order valence-electron chi connectivity index (χ4n) is 9.10. The Morgan fingerprint density at radius 2 is 1.83 bits per heavy atom. The number of nitrogens with one attached hydrogen (secondary N) is 2. The third kappa shape index (κ3) is 7.08. The summed E-state index contributed by atoms with van der Waals surface area (Å²) in [6.45, 7) is 5.43. The Balaban J connectivity index is 0.983. The van der Waals surface area contributed by atoms with Crippen LogP contribution >= 0.6 is 0 Å². The van der Waals surface area contributed by atoms with Gasteiger partial charge in [0.05, 0.1) is 18.8 Å². The number of carbonyl (C=O) groups excluding carboxylic acids is 1. The number of aliphatic hydroxyl groups excluding tert-OH is 1. The zero-order chi connectivity index (χ0) is 41.2. The van der Waals surface area contributed by atoms with Crippen molar-refractivity contribution in [1.82, 2.24) is 34.6 Å². The minimum atomic E-state index is -4.84. The standard InChI is InChI=1S/C42H42F3N9O5/c1-23-26(5-3-6-27(23)38-49-34-35(59-38)24(17-46)18-54(37(34)47)16-15-53-21-41(22-53)13-11-33(56)51-41)28-7-4-8-30-29(28)9-10-32(30)58-40-36(42(43,44)45)48-31(39(50-40)57-2)20-52-14-12-25(55)19-52/h3-8,18,25,32,47,55H,9-16,19-22H2,1-2H3,(H,51,56)/t25-,32+/m1/s1. The predicted octanol–water partition coefficient (Wildman–Crippen LogP) is 5.04. The van der Waals surface area contributed by atoms with Crippen molar-refractivity contribution in [2.75, 3.05) is 39.8 Å². The number of rotatable bonds is 10. The Labute approximate surface area is 336 Å². The number of β-amino-alcohol motifs (C(OH)–C–C–N with tert-alkyl or cyclic N) is 1. The van der Waals surface area contributed by atoms with E-state index in [4.69, 9.17) is 24.3 Å². The zero-order valence-corrected chi connectivity index (χ0v) is 32.5. The molecule has 59 heavy (non-hydrogen) atoms. The Hall–Kier alpha value is -5.83. The molecule has 3 aromatic heterocycles.